The molecule has 0 bridgehead atoms. The van der Waals surface area contributed by atoms with Gasteiger partial charge in [-0.25, -0.2) is 0 Å². The Morgan fingerprint density at radius 2 is 1.94 bits per heavy atom. The maximum absolute atomic E-state index is 11.3. The molecule has 1 aliphatic rings. The second-order valence-electron chi connectivity index (χ2n) is 4.33. The third-order valence-electron chi connectivity index (χ3n) is 2.79. The van der Waals surface area contributed by atoms with E-state index in [1.165, 1.54) is 0 Å². The average molecular weight is 268 g/mol. The zero-order valence-corrected chi connectivity index (χ0v) is 10.7. The maximum Gasteiger partial charge on any atom is 0.246 e. The van der Waals surface area contributed by atoms with E-state index in [0.717, 1.165) is 5.56 Å². The lowest BCUT2D eigenvalue weighted by molar-refractivity contribution is -0.130. The second kappa shape index (κ2) is 4.96. The van der Waals surface area contributed by atoms with Gasteiger partial charge in [-0.1, -0.05) is 17.7 Å². The number of piperazine rings is 1. The van der Waals surface area contributed by atoms with Crippen LogP contribution in [0, 0.1) is 0 Å². The Morgan fingerprint density at radius 1 is 1.33 bits per heavy atom. The highest BCUT2D eigenvalue weighted by Gasteiger charge is 2.24. The molecule has 1 saturated heterocycles. The Kier molecular flexibility index (Phi) is 3.54. The molecule has 0 aliphatic carbocycles. The standard InChI is InChI=1S/C12H14ClN3O2/c1-7(14)8-2-3-10(9(13)4-8)16-5-11(17)15-12(18)6-16/h2-4,7H,5-6,14H2,1H3,(H,15,17,18)/t7-/m1/s1. The summed E-state index contributed by atoms with van der Waals surface area (Å²) in [4.78, 5) is 24.3. The highest BCUT2D eigenvalue weighted by Crippen LogP contribution is 2.28. The summed E-state index contributed by atoms with van der Waals surface area (Å²) in [7, 11) is 0. The van der Waals surface area contributed by atoms with E-state index in [1.807, 2.05) is 13.0 Å². The van der Waals surface area contributed by atoms with E-state index in [2.05, 4.69) is 5.32 Å². The number of hydrogen-bond acceptors (Lipinski definition) is 4. The molecule has 1 aliphatic heterocycles. The summed E-state index contributed by atoms with van der Waals surface area (Å²) in [5.74, 6) is -0.642. The number of carbonyl (C=O) groups excluding carboxylic acids is 2. The Morgan fingerprint density at radius 3 is 2.44 bits per heavy atom. The summed E-state index contributed by atoms with van der Waals surface area (Å²) in [6, 6.07) is 5.29. The SMILES string of the molecule is C[C@@H](N)c1ccc(N2CC(=O)NC(=O)C2)c(Cl)c1. The van der Waals surface area contributed by atoms with Gasteiger partial charge >= 0.3 is 0 Å². The molecule has 6 heteroatoms. The van der Waals surface area contributed by atoms with Gasteiger partial charge in [0, 0.05) is 6.04 Å². The van der Waals surface area contributed by atoms with Gasteiger partial charge in [-0.3, -0.25) is 14.9 Å². The number of hydrogen-bond donors (Lipinski definition) is 2. The summed E-state index contributed by atoms with van der Waals surface area (Å²) in [6.07, 6.45) is 0. The van der Waals surface area contributed by atoms with Crippen molar-refractivity contribution >= 4 is 29.1 Å². The van der Waals surface area contributed by atoms with Gasteiger partial charge < -0.3 is 10.6 Å². The average Bonchev–Trinajstić information content (AvgIpc) is 2.27. The second-order valence-corrected chi connectivity index (χ2v) is 4.73. The van der Waals surface area contributed by atoms with E-state index in [4.69, 9.17) is 17.3 Å². The molecule has 1 aromatic carbocycles. The zero-order chi connectivity index (χ0) is 13.3. The van der Waals surface area contributed by atoms with Gasteiger partial charge in [0.05, 0.1) is 23.8 Å². The van der Waals surface area contributed by atoms with Crippen molar-refractivity contribution in [2.75, 3.05) is 18.0 Å². The van der Waals surface area contributed by atoms with Crippen LogP contribution >= 0.6 is 11.6 Å². The molecule has 0 unspecified atom stereocenters. The van der Waals surface area contributed by atoms with E-state index in [1.54, 1.807) is 17.0 Å². The Labute approximate surface area is 110 Å². The summed E-state index contributed by atoms with van der Waals surface area (Å²) in [6.45, 7) is 2.12. The molecule has 1 aromatic rings. The fourth-order valence-corrected chi connectivity index (χ4v) is 2.18. The number of amides is 2. The molecule has 96 valence electrons. The zero-order valence-electron chi connectivity index (χ0n) is 9.94. The largest absolute Gasteiger partial charge is 0.352 e. The van der Waals surface area contributed by atoms with Crippen molar-refractivity contribution in [2.45, 2.75) is 13.0 Å². The number of halogens is 1. The van der Waals surface area contributed by atoms with Crippen LogP contribution in [0.3, 0.4) is 0 Å². The molecular formula is C12H14ClN3O2. The molecule has 3 N–H and O–H groups in total. The highest BCUT2D eigenvalue weighted by atomic mass is 35.5. The van der Waals surface area contributed by atoms with E-state index >= 15 is 0 Å². The van der Waals surface area contributed by atoms with Crippen LogP contribution in [0.5, 0.6) is 0 Å². The minimum absolute atomic E-state index is 0.108. The lowest BCUT2D eigenvalue weighted by Gasteiger charge is -2.28. The predicted molar refractivity (Wildman–Crippen MR) is 69.4 cm³/mol. The van der Waals surface area contributed by atoms with Crippen molar-refractivity contribution in [2.24, 2.45) is 5.73 Å². The van der Waals surface area contributed by atoms with Crippen molar-refractivity contribution in [3.63, 3.8) is 0 Å². The minimum Gasteiger partial charge on any atom is -0.352 e. The van der Waals surface area contributed by atoms with Crippen molar-refractivity contribution in [1.82, 2.24) is 5.32 Å². The van der Waals surface area contributed by atoms with Crippen LogP contribution in [-0.2, 0) is 9.59 Å². The van der Waals surface area contributed by atoms with E-state index < -0.39 is 0 Å². The molecule has 2 rings (SSSR count). The number of anilines is 1. The van der Waals surface area contributed by atoms with E-state index in [0.29, 0.717) is 10.7 Å². The van der Waals surface area contributed by atoms with Gasteiger partial charge in [0.25, 0.3) is 0 Å². The molecule has 18 heavy (non-hydrogen) atoms. The molecule has 1 fully saturated rings. The topological polar surface area (TPSA) is 75.4 Å². The number of benzene rings is 1. The monoisotopic (exact) mass is 267 g/mol. The van der Waals surface area contributed by atoms with Crippen molar-refractivity contribution < 1.29 is 9.59 Å². The number of nitrogens with one attached hydrogen (secondary N) is 1. The fourth-order valence-electron chi connectivity index (χ4n) is 1.87. The van der Waals surface area contributed by atoms with Crippen molar-refractivity contribution in [3.05, 3.63) is 28.8 Å². The van der Waals surface area contributed by atoms with Crippen LogP contribution in [0.1, 0.15) is 18.5 Å². The number of nitrogens with zero attached hydrogens (tertiary/aromatic N) is 1. The lowest BCUT2D eigenvalue weighted by atomic mass is 10.1. The lowest BCUT2D eigenvalue weighted by Crippen LogP contribution is -2.51. The molecule has 5 nitrogen and oxygen atoms in total. The van der Waals surface area contributed by atoms with Gasteiger partial charge in [-0.05, 0) is 24.6 Å². The first kappa shape index (κ1) is 12.9. The normalized spacial score (nSPS) is 17.6. The smallest absolute Gasteiger partial charge is 0.246 e. The van der Waals surface area contributed by atoms with Gasteiger partial charge in [0.2, 0.25) is 11.8 Å². The number of carbonyl (C=O) groups is 2. The first-order chi connectivity index (χ1) is 8.47. The predicted octanol–water partition coefficient (Wildman–Crippen LogP) is 0.823. The first-order valence-electron chi connectivity index (χ1n) is 5.60. The molecule has 1 atom stereocenters. The molecule has 0 radical (unpaired) electrons. The number of rotatable bonds is 2. The Hall–Kier alpha value is -1.59. The summed E-state index contributed by atoms with van der Waals surface area (Å²) < 4.78 is 0. The fraction of sp³-hybridized carbons (Fsp3) is 0.333. The van der Waals surface area contributed by atoms with Crippen LogP contribution in [0.4, 0.5) is 5.69 Å². The third-order valence-corrected chi connectivity index (χ3v) is 3.09. The van der Waals surface area contributed by atoms with Gasteiger partial charge in [0.15, 0.2) is 0 Å². The Bertz CT molecular complexity index is 486. The van der Waals surface area contributed by atoms with Crippen LogP contribution in [0.25, 0.3) is 0 Å². The highest BCUT2D eigenvalue weighted by molar-refractivity contribution is 6.33. The van der Waals surface area contributed by atoms with Crippen molar-refractivity contribution in [3.8, 4) is 0 Å². The van der Waals surface area contributed by atoms with Crippen LogP contribution in [-0.4, -0.2) is 24.9 Å². The number of nitrogens with two attached hydrogens (primary N) is 1. The molecule has 2 amide bonds. The Balaban J connectivity index is 2.28. The minimum atomic E-state index is -0.321. The van der Waals surface area contributed by atoms with Crippen LogP contribution < -0.4 is 16.0 Å². The quantitative estimate of drug-likeness (QED) is 0.778. The molecule has 0 saturated carbocycles. The van der Waals surface area contributed by atoms with Crippen LogP contribution in [0.15, 0.2) is 18.2 Å². The maximum atomic E-state index is 11.3. The van der Waals surface area contributed by atoms with Crippen molar-refractivity contribution in [1.29, 1.82) is 0 Å². The van der Waals surface area contributed by atoms with E-state index in [9.17, 15) is 9.59 Å². The molecular weight excluding hydrogens is 254 g/mol. The molecule has 0 aromatic heterocycles. The summed E-state index contributed by atoms with van der Waals surface area (Å²) in [5, 5.41) is 2.74. The first-order valence-corrected chi connectivity index (χ1v) is 5.98. The van der Waals surface area contributed by atoms with Gasteiger partial charge in [-0.2, -0.15) is 0 Å². The number of imide groups is 1. The van der Waals surface area contributed by atoms with Crippen LogP contribution in [0.2, 0.25) is 5.02 Å². The van der Waals surface area contributed by atoms with E-state index in [-0.39, 0.29) is 30.9 Å². The van der Waals surface area contributed by atoms with Gasteiger partial charge in [-0.15, -0.1) is 0 Å². The summed E-state index contributed by atoms with van der Waals surface area (Å²) in [5.41, 5.74) is 7.35. The molecule has 0 spiro atoms. The summed E-state index contributed by atoms with van der Waals surface area (Å²) >= 11 is 6.16. The van der Waals surface area contributed by atoms with Gasteiger partial charge in [0.1, 0.15) is 0 Å². The third kappa shape index (κ3) is 2.63. The molecule has 1 heterocycles.